The van der Waals surface area contributed by atoms with E-state index in [1.807, 2.05) is 45.0 Å². The van der Waals surface area contributed by atoms with Crippen LogP contribution in [0.25, 0.3) is 0 Å². The molecule has 0 saturated carbocycles. The van der Waals surface area contributed by atoms with Crippen LogP contribution in [0.1, 0.15) is 48.5 Å². The van der Waals surface area contributed by atoms with E-state index >= 15 is 0 Å². The lowest BCUT2D eigenvalue weighted by Gasteiger charge is -2.35. The highest BCUT2D eigenvalue weighted by molar-refractivity contribution is 5.85. The lowest BCUT2D eigenvalue weighted by atomic mass is 9.97. The molecular weight excluding hydrogens is 388 g/mol. The van der Waals surface area contributed by atoms with E-state index in [2.05, 4.69) is 23.2 Å². The van der Waals surface area contributed by atoms with Gasteiger partial charge in [0.25, 0.3) is 5.91 Å². The summed E-state index contributed by atoms with van der Waals surface area (Å²) >= 11 is 0. The molecule has 0 bridgehead atoms. The van der Waals surface area contributed by atoms with Crippen LogP contribution in [0.2, 0.25) is 0 Å². The first-order valence-electron chi connectivity index (χ1n) is 10.2. The quantitative estimate of drug-likeness (QED) is 0.711. The van der Waals surface area contributed by atoms with Gasteiger partial charge >= 0.3 is 0 Å². The Hall–Kier alpha value is -1.98. The van der Waals surface area contributed by atoms with Crippen molar-refractivity contribution in [3.8, 4) is 5.75 Å². The Bertz CT molecular complexity index is 777. The third kappa shape index (κ3) is 6.79. The van der Waals surface area contributed by atoms with Gasteiger partial charge in [-0.25, -0.2) is 0 Å². The first-order valence-corrected chi connectivity index (χ1v) is 10.2. The summed E-state index contributed by atoms with van der Waals surface area (Å²) in [6, 6.07) is 10.1. The van der Waals surface area contributed by atoms with Gasteiger partial charge < -0.3 is 14.5 Å². The minimum Gasteiger partial charge on any atom is -0.484 e. The average Bonchev–Trinajstić information content (AvgIpc) is 3.07. The fourth-order valence-electron chi connectivity index (χ4n) is 3.81. The van der Waals surface area contributed by atoms with E-state index in [1.165, 1.54) is 12.8 Å². The Morgan fingerprint density at radius 3 is 2.41 bits per heavy atom. The van der Waals surface area contributed by atoms with Crippen LogP contribution in [-0.2, 0) is 4.79 Å². The summed E-state index contributed by atoms with van der Waals surface area (Å²) in [6.07, 6.45) is 2.36. The molecule has 0 radical (unpaired) electrons. The van der Waals surface area contributed by atoms with Crippen LogP contribution in [-0.4, -0.2) is 37.0 Å². The van der Waals surface area contributed by atoms with Crippen molar-refractivity contribution in [1.29, 1.82) is 0 Å². The van der Waals surface area contributed by atoms with E-state index in [9.17, 15) is 4.79 Å². The second kappa shape index (κ2) is 10.7. The molecule has 0 aliphatic carbocycles. The number of hydrogen-bond donors (Lipinski definition) is 1. The van der Waals surface area contributed by atoms with Crippen LogP contribution in [0.3, 0.4) is 0 Å². The zero-order chi connectivity index (χ0) is 20.1. The number of rotatable bonds is 7. The molecule has 160 valence electrons. The number of benzene rings is 1. The molecule has 1 unspecified atom stereocenters. The van der Waals surface area contributed by atoms with E-state index in [4.69, 9.17) is 9.15 Å². The lowest BCUT2D eigenvalue weighted by Crippen LogP contribution is -2.42. The van der Waals surface area contributed by atoms with Crippen molar-refractivity contribution in [1.82, 2.24) is 10.2 Å². The number of amides is 1. The minimum absolute atomic E-state index is 0. The second-order valence-corrected chi connectivity index (χ2v) is 8.10. The molecular formula is C23H33ClN2O3. The molecule has 2 aromatic rings. The Balaban J connectivity index is 0.00000300. The first-order chi connectivity index (χ1) is 13.4. The fourth-order valence-corrected chi connectivity index (χ4v) is 3.81. The summed E-state index contributed by atoms with van der Waals surface area (Å²) in [6.45, 7) is 10.9. The van der Waals surface area contributed by atoms with Crippen LogP contribution in [0.5, 0.6) is 5.75 Å². The number of carbonyl (C=O) groups is 1. The van der Waals surface area contributed by atoms with E-state index in [0.717, 1.165) is 47.4 Å². The first kappa shape index (κ1) is 23.3. The molecule has 1 fully saturated rings. The molecule has 1 amide bonds. The number of carbonyl (C=O) groups excluding carboxylic acids is 1. The highest BCUT2D eigenvalue weighted by Gasteiger charge is 2.27. The van der Waals surface area contributed by atoms with E-state index in [1.54, 1.807) is 0 Å². The summed E-state index contributed by atoms with van der Waals surface area (Å²) in [5.74, 6) is 3.20. The number of hydrogen-bond acceptors (Lipinski definition) is 4. The van der Waals surface area contributed by atoms with Crippen molar-refractivity contribution < 1.29 is 13.9 Å². The van der Waals surface area contributed by atoms with Crippen molar-refractivity contribution in [2.45, 2.75) is 46.6 Å². The number of furan rings is 1. The summed E-state index contributed by atoms with van der Waals surface area (Å²) in [7, 11) is 0. The molecule has 1 saturated heterocycles. The molecule has 29 heavy (non-hydrogen) atoms. The monoisotopic (exact) mass is 420 g/mol. The predicted octanol–water partition coefficient (Wildman–Crippen LogP) is 4.59. The average molecular weight is 421 g/mol. The van der Waals surface area contributed by atoms with Crippen LogP contribution in [0.4, 0.5) is 0 Å². The summed E-state index contributed by atoms with van der Waals surface area (Å²) < 4.78 is 11.6. The van der Waals surface area contributed by atoms with Crippen LogP contribution < -0.4 is 10.1 Å². The van der Waals surface area contributed by atoms with Crippen molar-refractivity contribution >= 4 is 18.3 Å². The largest absolute Gasteiger partial charge is 0.484 e. The molecule has 2 heterocycles. The van der Waals surface area contributed by atoms with Crippen molar-refractivity contribution in [2.75, 3.05) is 26.2 Å². The second-order valence-electron chi connectivity index (χ2n) is 8.10. The van der Waals surface area contributed by atoms with Gasteiger partial charge in [-0.1, -0.05) is 13.0 Å². The van der Waals surface area contributed by atoms with Gasteiger partial charge in [-0.05, 0) is 88.0 Å². The fraction of sp³-hybridized carbons (Fsp3) is 0.522. The van der Waals surface area contributed by atoms with E-state index < -0.39 is 0 Å². The Kier molecular flexibility index (Phi) is 8.60. The van der Waals surface area contributed by atoms with Gasteiger partial charge in [0.2, 0.25) is 0 Å². The normalized spacial score (nSPS) is 16.1. The van der Waals surface area contributed by atoms with Crippen LogP contribution in [0.15, 0.2) is 34.7 Å². The van der Waals surface area contributed by atoms with E-state index in [0.29, 0.717) is 6.54 Å². The van der Waals surface area contributed by atoms with Gasteiger partial charge in [0.15, 0.2) is 6.61 Å². The number of ether oxygens (including phenoxy) is 1. The third-order valence-corrected chi connectivity index (χ3v) is 5.41. The molecule has 1 atom stereocenters. The van der Waals surface area contributed by atoms with Gasteiger partial charge in [-0.3, -0.25) is 9.69 Å². The van der Waals surface area contributed by atoms with Gasteiger partial charge in [0.1, 0.15) is 17.3 Å². The molecule has 0 spiro atoms. The maximum Gasteiger partial charge on any atom is 0.258 e. The number of likely N-dealkylation sites (tertiary alicyclic amines) is 1. The predicted molar refractivity (Wildman–Crippen MR) is 118 cm³/mol. The Morgan fingerprint density at radius 2 is 1.83 bits per heavy atom. The zero-order valence-electron chi connectivity index (χ0n) is 17.9. The van der Waals surface area contributed by atoms with Crippen LogP contribution in [0, 0.1) is 26.7 Å². The smallest absolute Gasteiger partial charge is 0.258 e. The highest BCUT2D eigenvalue weighted by Crippen LogP contribution is 2.27. The van der Waals surface area contributed by atoms with Crippen molar-refractivity contribution in [2.24, 2.45) is 5.92 Å². The summed E-state index contributed by atoms with van der Waals surface area (Å²) in [5, 5.41) is 3.03. The van der Waals surface area contributed by atoms with E-state index in [-0.39, 0.29) is 31.0 Å². The molecule has 1 aromatic carbocycles. The van der Waals surface area contributed by atoms with Crippen molar-refractivity contribution in [3.05, 3.63) is 53.0 Å². The maximum absolute atomic E-state index is 12.4. The van der Waals surface area contributed by atoms with Gasteiger partial charge in [-0.15, -0.1) is 12.4 Å². The standard InChI is InChI=1S/C23H32N2O3.ClH/c1-16-7-9-25(10-8-16)21(22-6-5-19(4)28-22)14-24-23(26)15-27-20-12-17(2)11-18(3)13-20;/h5-6,11-13,16,21H,7-10,14-15H2,1-4H3,(H,24,26);1H. The topological polar surface area (TPSA) is 54.7 Å². The number of aryl methyl sites for hydroxylation is 3. The van der Waals surface area contributed by atoms with Crippen LogP contribution >= 0.6 is 12.4 Å². The summed E-state index contributed by atoms with van der Waals surface area (Å²) in [4.78, 5) is 14.8. The Morgan fingerprint density at radius 1 is 1.17 bits per heavy atom. The Labute approximate surface area is 180 Å². The molecule has 1 N–H and O–H groups in total. The lowest BCUT2D eigenvalue weighted by molar-refractivity contribution is -0.123. The summed E-state index contributed by atoms with van der Waals surface area (Å²) in [5.41, 5.74) is 2.26. The van der Waals surface area contributed by atoms with Gasteiger partial charge in [0, 0.05) is 6.54 Å². The van der Waals surface area contributed by atoms with Gasteiger partial charge in [-0.2, -0.15) is 0 Å². The molecule has 1 aliphatic rings. The molecule has 1 aromatic heterocycles. The number of nitrogens with zero attached hydrogens (tertiary/aromatic N) is 1. The maximum atomic E-state index is 12.4. The van der Waals surface area contributed by atoms with Crippen molar-refractivity contribution in [3.63, 3.8) is 0 Å². The molecule has 6 heteroatoms. The highest BCUT2D eigenvalue weighted by atomic mass is 35.5. The number of halogens is 1. The molecule has 5 nitrogen and oxygen atoms in total. The molecule has 3 rings (SSSR count). The third-order valence-electron chi connectivity index (χ3n) is 5.41. The number of nitrogens with one attached hydrogen (secondary N) is 1. The zero-order valence-corrected chi connectivity index (χ0v) is 18.7. The molecule has 1 aliphatic heterocycles. The minimum atomic E-state index is -0.113. The van der Waals surface area contributed by atoms with Gasteiger partial charge in [0.05, 0.1) is 6.04 Å². The number of piperidine rings is 1. The SMILES string of the molecule is Cc1cc(C)cc(OCC(=O)NCC(c2ccc(C)o2)N2CCC(C)CC2)c1.Cl.